The smallest absolute Gasteiger partial charge is 0.360 e. The van der Waals surface area contributed by atoms with Gasteiger partial charge in [0, 0.05) is 11.8 Å². The molecule has 0 fully saturated rings. The second-order valence-electron chi connectivity index (χ2n) is 5.44. The fourth-order valence-corrected chi connectivity index (χ4v) is 2.46. The minimum Gasteiger partial charge on any atom is -0.360 e. The third-order valence-corrected chi connectivity index (χ3v) is 3.74. The van der Waals surface area contributed by atoms with E-state index in [0.717, 1.165) is 18.5 Å². The van der Waals surface area contributed by atoms with Crippen molar-refractivity contribution in [2.75, 3.05) is 10.6 Å². The van der Waals surface area contributed by atoms with E-state index in [1.54, 1.807) is 6.92 Å². The number of aryl methyl sites for hydroxylation is 1. The first kappa shape index (κ1) is 19.4. The zero-order chi connectivity index (χ0) is 20.5. The first-order valence-corrected chi connectivity index (χ1v) is 7.86. The molecule has 1 aromatic carbocycles. The summed E-state index contributed by atoms with van der Waals surface area (Å²) >= 11 is 5.58. The van der Waals surface area contributed by atoms with Gasteiger partial charge in [0.05, 0.1) is 15.5 Å². The second-order valence-corrected chi connectivity index (χ2v) is 5.85. The van der Waals surface area contributed by atoms with Crippen LogP contribution in [-0.4, -0.2) is 20.0 Å². The molecule has 0 aliphatic carbocycles. The number of nitro groups is 1. The molecule has 0 saturated carbocycles. The summed E-state index contributed by atoms with van der Waals surface area (Å²) in [4.78, 5) is 18.3. The van der Waals surface area contributed by atoms with Crippen LogP contribution >= 0.6 is 11.6 Å². The highest BCUT2D eigenvalue weighted by molar-refractivity contribution is 6.31. The van der Waals surface area contributed by atoms with Crippen molar-refractivity contribution in [1.29, 1.82) is 0 Å². The summed E-state index contributed by atoms with van der Waals surface area (Å²) in [7, 11) is 0. The van der Waals surface area contributed by atoms with Crippen molar-refractivity contribution in [1.82, 2.24) is 15.1 Å². The van der Waals surface area contributed by atoms with Gasteiger partial charge in [0.15, 0.2) is 5.82 Å². The summed E-state index contributed by atoms with van der Waals surface area (Å²) < 4.78 is 43.9. The van der Waals surface area contributed by atoms with Gasteiger partial charge in [-0.05, 0) is 25.1 Å². The summed E-state index contributed by atoms with van der Waals surface area (Å²) in [6, 6.07) is 4.46. The molecule has 2 aromatic heterocycles. The van der Waals surface area contributed by atoms with Crippen LogP contribution in [0.25, 0.3) is 0 Å². The average molecular weight is 415 g/mol. The molecule has 0 aliphatic heterocycles. The molecule has 9 nitrogen and oxygen atoms in total. The number of nitrogens with one attached hydrogen (secondary N) is 2. The monoisotopic (exact) mass is 414 g/mol. The Morgan fingerprint density at radius 2 is 1.86 bits per heavy atom. The molecule has 2 heterocycles. The van der Waals surface area contributed by atoms with E-state index >= 15 is 0 Å². The number of anilines is 4. The molecular formula is C15H10ClF3N6O3. The van der Waals surface area contributed by atoms with Gasteiger partial charge in [-0.15, -0.1) is 0 Å². The van der Waals surface area contributed by atoms with Crippen molar-refractivity contribution in [3.8, 4) is 0 Å². The predicted molar refractivity (Wildman–Crippen MR) is 92.9 cm³/mol. The van der Waals surface area contributed by atoms with Crippen LogP contribution in [0.3, 0.4) is 0 Å². The fourth-order valence-electron chi connectivity index (χ4n) is 2.24. The Kier molecular flexibility index (Phi) is 5.05. The van der Waals surface area contributed by atoms with Gasteiger partial charge in [-0.3, -0.25) is 10.1 Å². The van der Waals surface area contributed by atoms with Gasteiger partial charge in [0.25, 0.3) is 0 Å². The second kappa shape index (κ2) is 7.31. The van der Waals surface area contributed by atoms with Crippen LogP contribution in [0.5, 0.6) is 0 Å². The maximum absolute atomic E-state index is 13.0. The Morgan fingerprint density at radius 3 is 2.43 bits per heavy atom. The van der Waals surface area contributed by atoms with Crippen molar-refractivity contribution in [2.45, 2.75) is 13.1 Å². The molecule has 0 spiro atoms. The maximum Gasteiger partial charge on any atom is 0.417 e. The quantitative estimate of drug-likeness (QED) is 0.449. The van der Waals surface area contributed by atoms with Crippen LogP contribution in [0.15, 0.2) is 35.1 Å². The number of rotatable bonds is 5. The summed E-state index contributed by atoms with van der Waals surface area (Å²) in [5, 5.41) is 19.7. The molecule has 0 saturated heterocycles. The number of alkyl halides is 3. The Labute approximate surface area is 159 Å². The van der Waals surface area contributed by atoms with E-state index < -0.39 is 27.4 Å². The van der Waals surface area contributed by atoms with E-state index in [0.29, 0.717) is 5.76 Å². The summed E-state index contributed by atoms with van der Waals surface area (Å²) in [5.74, 6) is 0.0773. The largest absolute Gasteiger partial charge is 0.417 e. The SMILES string of the molecule is Cc1cc(Nc2ncnc(Nc3ccc(Cl)c(C(F)(F)F)c3)c2[N+](=O)[O-])no1. The fraction of sp³-hybridized carbons (Fsp3) is 0.133. The van der Waals surface area contributed by atoms with Crippen molar-refractivity contribution in [2.24, 2.45) is 0 Å². The van der Waals surface area contributed by atoms with Crippen molar-refractivity contribution in [3.63, 3.8) is 0 Å². The van der Waals surface area contributed by atoms with Crippen LogP contribution in [0, 0.1) is 17.0 Å². The topological polar surface area (TPSA) is 119 Å². The van der Waals surface area contributed by atoms with Crippen molar-refractivity contribution < 1.29 is 22.6 Å². The highest BCUT2D eigenvalue weighted by atomic mass is 35.5. The van der Waals surface area contributed by atoms with Gasteiger partial charge in [-0.2, -0.15) is 13.2 Å². The zero-order valence-corrected chi connectivity index (χ0v) is 14.7. The minimum atomic E-state index is -4.69. The molecule has 3 aromatic rings. The van der Waals surface area contributed by atoms with Crippen molar-refractivity contribution in [3.05, 3.63) is 57.1 Å². The summed E-state index contributed by atoms with van der Waals surface area (Å²) in [5.41, 5.74) is -1.78. The Balaban J connectivity index is 1.98. The number of halogens is 4. The van der Waals surface area contributed by atoms with Gasteiger partial charge in [0.1, 0.15) is 12.1 Å². The highest BCUT2D eigenvalue weighted by Crippen LogP contribution is 2.38. The van der Waals surface area contributed by atoms with Crippen LogP contribution < -0.4 is 10.6 Å². The molecule has 146 valence electrons. The Hall–Kier alpha value is -3.41. The molecule has 0 radical (unpaired) electrons. The Morgan fingerprint density at radius 1 is 1.18 bits per heavy atom. The molecule has 3 rings (SSSR count). The molecular weight excluding hydrogens is 405 g/mol. The van der Waals surface area contributed by atoms with E-state index in [-0.39, 0.29) is 23.1 Å². The van der Waals surface area contributed by atoms with Gasteiger partial charge < -0.3 is 15.2 Å². The average Bonchev–Trinajstić information content (AvgIpc) is 3.00. The lowest BCUT2D eigenvalue weighted by molar-refractivity contribution is -0.383. The van der Waals surface area contributed by atoms with Gasteiger partial charge in [-0.1, -0.05) is 16.8 Å². The van der Waals surface area contributed by atoms with Gasteiger partial charge in [-0.25, -0.2) is 9.97 Å². The molecule has 13 heteroatoms. The lowest BCUT2D eigenvalue weighted by Crippen LogP contribution is -2.08. The van der Waals surface area contributed by atoms with E-state index in [4.69, 9.17) is 16.1 Å². The number of aromatic nitrogens is 3. The highest BCUT2D eigenvalue weighted by Gasteiger charge is 2.33. The van der Waals surface area contributed by atoms with Gasteiger partial charge in [0.2, 0.25) is 11.6 Å². The van der Waals surface area contributed by atoms with E-state index in [1.165, 1.54) is 12.1 Å². The molecule has 2 N–H and O–H groups in total. The lowest BCUT2D eigenvalue weighted by Gasteiger charge is -2.12. The molecule has 0 bridgehead atoms. The third-order valence-electron chi connectivity index (χ3n) is 3.41. The predicted octanol–water partition coefficient (Wildman–Crippen LogP) is 4.84. The summed E-state index contributed by atoms with van der Waals surface area (Å²) in [6.07, 6.45) is -3.69. The zero-order valence-electron chi connectivity index (χ0n) is 13.9. The number of benzene rings is 1. The third kappa shape index (κ3) is 4.11. The molecule has 0 unspecified atom stereocenters. The van der Waals surface area contributed by atoms with E-state index in [1.807, 2.05) is 0 Å². The van der Waals surface area contributed by atoms with Crippen LogP contribution in [-0.2, 0) is 6.18 Å². The summed E-state index contributed by atoms with van der Waals surface area (Å²) in [6.45, 7) is 1.62. The molecule has 28 heavy (non-hydrogen) atoms. The molecule has 0 atom stereocenters. The molecule has 0 aliphatic rings. The molecule has 0 amide bonds. The number of hydrogen-bond donors (Lipinski definition) is 2. The first-order chi connectivity index (χ1) is 13.1. The standard InChI is InChI=1S/C15H10ClF3N6O3/c1-7-4-11(24-28-7)23-14-12(25(26)27)13(20-6-21-14)22-8-2-3-10(16)9(5-8)15(17,18)19/h2-6H,1H3,(H2,20,21,22,23,24). The van der Waals surface area contributed by atoms with E-state index in [9.17, 15) is 23.3 Å². The number of nitrogens with zero attached hydrogens (tertiary/aromatic N) is 4. The normalized spacial score (nSPS) is 11.3. The maximum atomic E-state index is 13.0. The van der Waals surface area contributed by atoms with Gasteiger partial charge >= 0.3 is 11.9 Å². The van der Waals surface area contributed by atoms with E-state index in [2.05, 4.69) is 25.8 Å². The first-order valence-electron chi connectivity index (χ1n) is 7.48. The van der Waals surface area contributed by atoms with Crippen LogP contribution in [0.2, 0.25) is 5.02 Å². The van der Waals surface area contributed by atoms with Crippen LogP contribution in [0.1, 0.15) is 11.3 Å². The number of hydrogen-bond acceptors (Lipinski definition) is 8. The van der Waals surface area contributed by atoms with Crippen molar-refractivity contribution >= 4 is 40.4 Å². The van der Waals surface area contributed by atoms with Crippen LogP contribution in [0.4, 0.5) is 42.0 Å². The Bertz CT molecular complexity index is 1040. The minimum absolute atomic E-state index is 0.0956. The lowest BCUT2D eigenvalue weighted by atomic mass is 10.2.